The highest BCUT2D eigenvalue weighted by Crippen LogP contribution is 2.19. The third-order valence-electron chi connectivity index (χ3n) is 4.24. The summed E-state index contributed by atoms with van der Waals surface area (Å²) < 4.78 is 15.0. The molecule has 3 N–H and O–H groups in total. The van der Waals surface area contributed by atoms with Crippen LogP contribution in [0.15, 0.2) is 39.9 Å². The van der Waals surface area contributed by atoms with Gasteiger partial charge in [-0.3, -0.25) is 19.1 Å². The maximum atomic E-state index is 13.8. The number of nitrogens with zero attached hydrogens (tertiary/aromatic N) is 2. The van der Waals surface area contributed by atoms with Gasteiger partial charge in [0.05, 0.1) is 0 Å². The summed E-state index contributed by atoms with van der Waals surface area (Å²) in [4.78, 5) is 40.7. The van der Waals surface area contributed by atoms with Gasteiger partial charge in [-0.15, -0.1) is 0 Å². The molecule has 1 heterocycles. The first-order valence-electron chi connectivity index (χ1n) is 9.27. The highest BCUT2D eigenvalue weighted by molar-refractivity contribution is 6.05. The molecule has 0 saturated carbocycles. The van der Waals surface area contributed by atoms with E-state index in [1.165, 1.54) is 33.8 Å². The number of aromatic nitrogens is 2. The number of anilines is 2. The molecule has 0 radical (unpaired) electrons. The first-order chi connectivity index (χ1) is 13.4. The van der Waals surface area contributed by atoms with E-state index in [0.717, 1.165) is 6.42 Å². The van der Waals surface area contributed by atoms with Crippen molar-refractivity contribution in [3.8, 4) is 0 Å². The van der Waals surface area contributed by atoms with Gasteiger partial charge in [-0.05, 0) is 25.0 Å². The standard InChI is InChI=1S/C20H25FN4O3/c1-3-5-13-24(16(26)11-10-14-8-6-7-9-15(14)21)17-18(22)25(12-4-2)20(28)23-19(17)27/h6-11H,3-5,12-13,22H2,1-2H3,(H,23,27,28). The van der Waals surface area contributed by atoms with Crippen LogP contribution in [0, 0.1) is 5.82 Å². The van der Waals surface area contributed by atoms with Crippen molar-refractivity contribution in [2.24, 2.45) is 0 Å². The minimum Gasteiger partial charge on any atom is -0.383 e. The summed E-state index contributed by atoms with van der Waals surface area (Å²) >= 11 is 0. The largest absolute Gasteiger partial charge is 0.383 e. The van der Waals surface area contributed by atoms with Crippen LogP contribution in [0.4, 0.5) is 15.9 Å². The smallest absolute Gasteiger partial charge is 0.330 e. The molecule has 0 unspecified atom stereocenters. The minimum atomic E-state index is -0.724. The number of amides is 1. The SMILES string of the molecule is CCCCN(C(=O)C=Cc1ccccc1F)c1c(N)n(CCC)c(=O)[nH]c1=O. The molecule has 0 bridgehead atoms. The van der Waals surface area contributed by atoms with Crippen LogP contribution in [0.3, 0.4) is 0 Å². The highest BCUT2D eigenvalue weighted by atomic mass is 19.1. The molecule has 1 aromatic carbocycles. The molecule has 0 aliphatic carbocycles. The fourth-order valence-electron chi connectivity index (χ4n) is 2.79. The zero-order valence-electron chi connectivity index (χ0n) is 16.1. The Bertz CT molecular complexity index is 978. The van der Waals surface area contributed by atoms with Gasteiger partial charge in [0, 0.05) is 24.7 Å². The molecule has 150 valence electrons. The van der Waals surface area contributed by atoms with E-state index in [0.29, 0.717) is 19.4 Å². The van der Waals surface area contributed by atoms with Gasteiger partial charge in [0.25, 0.3) is 11.5 Å². The summed E-state index contributed by atoms with van der Waals surface area (Å²) in [6.07, 6.45) is 4.59. The Labute approximate surface area is 162 Å². The maximum Gasteiger partial charge on any atom is 0.330 e. The average Bonchev–Trinajstić information content (AvgIpc) is 2.66. The minimum absolute atomic E-state index is 0.0562. The van der Waals surface area contributed by atoms with Crippen molar-refractivity contribution in [3.63, 3.8) is 0 Å². The number of hydrogen-bond acceptors (Lipinski definition) is 4. The van der Waals surface area contributed by atoms with Crippen LogP contribution in [0.2, 0.25) is 0 Å². The van der Waals surface area contributed by atoms with Crippen molar-refractivity contribution < 1.29 is 9.18 Å². The van der Waals surface area contributed by atoms with Crippen LogP contribution in [-0.4, -0.2) is 22.0 Å². The second kappa shape index (κ2) is 9.68. The molecule has 1 aromatic heterocycles. The number of hydrogen-bond donors (Lipinski definition) is 2. The predicted octanol–water partition coefficient (Wildman–Crippen LogP) is 2.51. The lowest BCUT2D eigenvalue weighted by Crippen LogP contribution is -2.41. The van der Waals surface area contributed by atoms with Crippen molar-refractivity contribution >= 4 is 23.5 Å². The van der Waals surface area contributed by atoms with Gasteiger partial charge in [0.2, 0.25) is 0 Å². The third kappa shape index (κ3) is 4.76. The molecule has 0 fully saturated rings. The van der Waals surface area contributed by atoms with Crippen LogP contribution in [0.1, 0.15) is 38.7 Å². The van der Waals surface area contributed by atoms with Crippen LogP contribution >= 0.6 is 0 Å². The monoisotopic (exact) mass is 388 g/mol. The summed E-state index contributed by atoms with van der Waals surface area (Å²) in [6.45, 7) is 4.38. The van der Waals surface area contributed by atoms with E-state index in [2.05, 4.69) is 4.98 Å². The lowest BCUT2D eigenvalue weighted by Gasteiger charge is -2.23. The number of carbonyl (C=O) groups is 1. The molecule has 0 aliphatic rings. The Balaban J connectivity index is 2.48. The van der Waals surface area contributed by atoms with Gasteiger partial charge >= 0.3 is 5.69 Å². The molecule has 1 amide bonds. The Morgan fingerprint density at radius 3 is 2.61 bits per heavy atom. The second-order valence-corrected chi connectivity index (χ2v) is 6.34. The molecule has 0 saturated heterocycles. The number of nitrogens with two attached hydrogens (primary N) is 1. The fraction of sp³-hybridized carbons (Fsp3) is 0.350. The number of unbranched alkanes of at least 4 members (excludes halogenated alkanes) is 1. The topological polar surface area (TPSA) is 101 Å². The maximum absolute atomic E-state index is 13.8. The number of carbonyl (C=O) groups excluding carboxylic acids is 1. The number of aromatic amines is 1. The first-order valence-corrected chi connectivity index (χ1v) is 9.27. The van der Waals surface area contributed by atoms with Gasteiger partial charge in [-0.1, -0.05) is 38.5 Å². The molecule has 2 rings (SSSR count). The fourth-order valence-corrected chi connectivity index (χ4v) is 2.79. The quantitative estimate of drug-likeness (QED) is 0.679. The summed E-state index contributed by atoms with van der Waals surface area (Å²) in [7, 11) is 0. The van der Waals surface area contributed by atoms with Crippen LogP contribution < -0.4 is 21.9 Å². The molecular formula is C20H25FN4O3. The number of benzene rings is 1. The van der Waals surface area contributed by atoms with E-state index in [4.69, 9.17) is 5.73 Å². The van der Waals surface area contributed by atoms with Crippen LogP contribution in [0.25, 0.3) is 6.08 Å². The summed E-state index contributed by atoms with van der Waals surface area (Å²) in [5.74, 6) is -1.03. The normalized spacial score (nSPS) is 11.1. The number of rotatable bonds is 8. The zero-order chi connectivity index (χ0) is 20.7. The zero-order valence-corrected chi connectivity index (χ0v) is 16.1. The molecule has 2 aromatic rings. The third-order valence-corrected chi connectivity index (χ3v) is 4.24. The van der Waals surface area contributed by atoms with E-state index in [1.807, 2.05) is 13.8 Å². The summed E-state index contributed by atoms with van der Waals surface area (Å²) in [6, 6.07) is 6.05. The number of nitrogen functional groups attached to an aromatic ring is 1. The van der Waals surface area contributed by atoms with Gasteiger partial charge in [-0.2, -0.15) is 0 Å². The molecular weight excluding hydrogens is 363 g/mol. The number of H-pyrrole nitrogens is 1. The van der Waals surface area contributed by atoms with Crippen molar-refractivity contribution in [3.05, 3.63) is 62.6 Å². The average molecular weight is 388 g/mol. The molecule has 0 aliphatic heterocycles. The Kier molecular flexibility index (Phi) is 7.31. The van der Waals surface area contributed by atoms with Gasteiger partial charge in [-0.25, -0.2) is 9.18 Å². The van der Waals surface area contributed by atoms with E-state index in [-0.39, 0.29) is 23.6 Å². The lowest BCUT2D eigenvalue weighted by atomic mass is 10.2. The lowest BCUT2D eigenvalue weighted by molar-refractivity contribution is -0.114. The number of nitrogens with one attached hydrogen (secondary N) is 1. The Morgan fingerprint density at radius 2 is 1.96 bits per heavy atom. The van der Waals surface area contributed by atoms with Crippen molar-refractivity contribution in [1.82, 2.24) is 9.55 Å². The van der Waals surface area contributed by atoms with Gasteiger partial charge < -0.3 is 10.6 Å². The molecule has 7 nitrogen and oxygen atoms in total. The summed E-state index contributed by atoms with van der Waals surface area (Å²) in [5, 5.41) is 0. The van der Waals surface area contributed by atoms with Crippen molar-refractivity contribution in [2.75, 3.05) is 17.2 Å². The van der Waals surface area contributed by atoms with Gasteiger partial charge in [0.1, 0.15) is 11.6 Å². The van der Waals surface area contributed by atoms with Gasteiger partial charge in [0.15, 0.2) is 5.69 Å². The molecule has 0 spiro atoms. The molecule has 8 heteroatoms. The van der Waals surface area contributed by atoms with Crippen LogP contribution in [-0.2, 0) is 11.3 Å². The molecule has 0 atom stereocenters. The first kappa shape index (κ1) is 21.1. The number of halogens is 1. The summed E-state index contributed by atoms with van der Waals surface area (Å²) in [5.41, 5.74) is 4.93. The van der Waals surface area contributed by atoms with E-state index in [9.17, 15) is 18.8 Å². The van der Waals surface area contributed by atoms with E-state index < -0.39 is 23.0 Å². The van der Waals surface area contributed by atoms with Crippen molar-refractivity contribution in [2.45, 2.75) is 39.7 Å². The highest BCUT2D eigenvalue weighted by Gasteiger charge is 2.22. The molecule has 28 heavy (non-hydrogen) atoms. The predicted molar refractivity (Wildman–Crippen MR) is 109 cm³/mol. The Hall–Kier alpha value is -3.16. The van der Waals surface area contributed by atoms with Crippen molar-refractivity contribution in [1.29, 1.82) is 0 Å². The van der Waals surface area contributed by atoms with E-state index in [1.54, 1.807) is 12.1 Å². The second-order valence-electron chi connectivity index (χ2n) is 6.34. The Morgan fingerprint density at radius 1 is 1.25 bits per heavy atom. The van der Waals surface area contributed by atoms with E-state index >= 15 is 0 Å². The van der Waals surface area contributed by atoms with Crippen LogP contribution in [0.5, 0.6) is 0 Å².